The first-order valence-corrected chi connectivity index (χ1v) is 8.73. The number of amides is 1. The quantitative estimate of drug-likeness (QED) is 0.918. The minimum Gasteiger partial charge on any atom is -0.324 e. The van der Waals surface area contributed by atoms with Crippen molar-refractivity contribution in [2.75, 3.05) is 18.4 Å². The van der Waals surface area contributed by atoms with Crippen LogP contribution in [0.2, 0.25) is 0 Å². The Bertz CT molecular complexity index is 736. The molecule has 0 bridgehead atoms. The Labute approximate surface area is 144 Å². The zero-order valence-electron chi connectivity index (χ0n) is 14.8. The van der Waals surface area contributed by atoms with Gasteiger partial charge in [-0.1, -0.05) is 56.3 Å². The van der Waals surface area contributed by atoms with E-state index in [1.807, 2.05) is 0 Å². The first-order valence-electron chi connectivity index (χ1n) is 8.73. The van der Waals surface area contributed by atoms with Crippen molar-refractivity contribution < 1.29 is 4.79 Å². The fourth-order valence-corrected chi connectivity index (χ4v) is 3.41. The van der Waals surface area contributed by atoms with Crippen LogP contribution in [0.3, 0.4) is 0 Å². The van der Waals surface area contributed by atoms with Crippen molar-refractivity contribution in [2.45, 2.75) is 39.7 Å². The second kappa shape index (κ2) is 7.18. The zero-order valence-corrected chi connectivity index (χ0v) is 14.8. The third-order valence-electron chi connectivity index (χ3n) is 4.77. The van der Waals surface area contributed by atoms with Crippen molar-refractivity contribution in [3.05, 3.63) is 64.7 Å². The van der Waals surface area contributed by atoms with Crippen LogP contribution in [0.15, 0.2) is 42.5 Å². The molecule has 0 radical (unpaired) electrons. The van der Waals surface area contributed by atoms with Gasteiger partial charge in [-0.2, -0.15) is 0 Å². The van der Waals surface area contributed by atoms with Crippen LogP contribution < -0.4 is 5.32 Å². The molecular weight excluding hydrogens is 296 g/mol. The van der Waals surface area contributed by atoms with E-state index in [2.05, 4.69) is 73.5 Å². The monoisotopic (exact) mass is 322 g/mol. The molecule has 24 heavy (non-hydrogen) atoms. The lowest BCUT2D eigenvalue weighted by Gasteiger charge is -2.28. The number of fused-ring (bicyclic) bond motifs is 1. The van der Waals surface area contributed by atoms with Gasteiger partial charge >= 0.3 is 0 Å². The third kappa shape index (κ3) is 3.68. The highest BCUT2D eigenvalue weighted by Gasteiger charge is 2.19. The topological polar surface area (TPSA) is 32.3 Å². The number of para-hydroxylation sites is 1. The van der Waals surface area contributed by atoms with Crippen molar-refractivity contribution >= 4 is 11.6 Å². The molecule has 1 heterocycles. The van der Waals surface area contributed by atoms with Gasteiger partial charge in [0, 0.05) is 18.8 Å². The highest BCUT2D eigenvalue weighted by Crippen LogP contribution is 2.27. The summed E-state index contributed by atoms with van der Waals surface area (Å²) >= 11 is 0. The number of carbonyl (C=O) groups is 1. The molecule has 1 aliphatic heterocycles. The summed E-state index contributed by atoms with van der Waals surface area (Å²) in [5.41, 5.74) is 6.06. The second-order valence-corrected chi connectivity index (χ2v) is 6.97. The third-order valence-corrected chi connectivity index (χ3v) is 4.77. The van der Waals surface area contributed by atoms with Crippen molar-refractivity contribution in [1.82, 2.24) is 4.90 Å². The predicted molar refractivity (Wildman–Crippen MR) is 99.3 cm³/mol. The molecule has 1 amide bonds. The molecule has 1 N–H and O–H groups in total. The van der Waals surface area contributed by atoms with E-state index in [0.29, 0.717) is 12.5 Å². The van der Waals surface area contributed by atoms with Crippen LogP contribution in [0.5, 0.6) is 0 Å². The second-order valence-electron chi connectivity index (χ2n) is 6.97. The minimum atomic E-state index is 0.0746. The van der Waals surface area contributed by atoms with E-state index in [4.69, 9.17) is 0 Å². The maximum atomic E-state index is 12.6. The van der Waals surface area contributed by atoms with Crippen molar-refractivity contribution in [1.29, 1.82) is 0 Å². The molecule has 0 atom stereocenters. The molecule has 0 saturated carbocycles. The average molecular weight is 322 g/mol. The molecule has 2 aromatic carbocycles. The highest BCUT2D eigenvalue weighted by atomic mass is 16.2. The summed E-state index contributed by atoms with van der Waals surface area (Å²) < 4.78 is 0. The van der Waals surface area contributed by atoms with Gasteiger partial charge in [0.25, 0.3) is 0 Å². The lowest BCUT2D eigenvalue weighted by Crippen LogP contribution is -2.37. The van der Waals surface area contributed by atoms with Crippen LogP contribution in [-0.2, 0) is 17.8 Å². The molecular formula is C21H26N2O. The van der Waals surface area contributed by atoms with Gasteiger partial charge in [-0.25, -0.2) is 0 Å². The maximum Gasteiger partial charge on any atom is 0.238 e. The fourth-order valence-electron chi connectivity index (χ4n) is 3.41. The van der Waals surface area contributed by atoms with Gasteiger partial charge in [-0.15, -0.1) is 0 Å². The van der Waals surface area contributed by atoms with E-state index in [0.717, 1.165) is 30.8 Å². The lowest BCUT2D eigenvalue weighted by atomic mass is 9.98. The number of nitrogens with one attached hydrogen (secondary N) is 1. The molecule has 0 saturated heterocycles. The Morgan fingerprint density at radius 1 is 1.12 bits per heavy atom. The minimum absolute atomic E-state index is 0.0746. The molecule has 0 aromatic heterocycles. The first-order chi connectivity index (χ1) is 11.5. The largest absolute Gasteiger partial charge is 0.324 e. The SMILES string of the molecule is Cc1cccc(C(C)C)c1NC(=O)CN1CCc2ccccc2C1. The van der Waals surface area contributed by atoms with Gasteiger partial charge < -0.3 is 5.32 Å². The van der Waals surface area contributed by atoms with Crippen LogP contribution in [0.4, 0.5) is 5.69 Å². The Balaban J connectivity index is 1.67. The maximum absolute atomic E-state index is 12.6. The molecule has 3 heteroatoms. The van der Waals surface area contributed by atoms with E-state index in [1.165, 1.54) is 16.7 Å². The molecule has 0 unspecified atom stereocenters. The van der Waals surface area contributed by atoms with Gasteiger partial charge in [0.05, 0.1) is 6.54 Å². The number of nitrogens with zero attached hydrogens (tertiary/aromatic N) is 1. The van der Waals surface area contributed by atoms with E-state index in [9.17, 15) is 4.79 Å². The van der Waals surface area contributed by atoms with Gasteiger partial charge in [0.2, 0.25) is 5.91 Å². The summed E-state index contributed by atoms with van der Waals surface area (Å²) in [7, 11) is 0. The zero-order chi connectivity index (χ0) is 17.1. The first kappa shape index (κ1) is 16.7. The summed E-state index contributed by atoms with van der Waals surface area (Å²) in [5.74, 6) is 0.465. The van der Waals surface area contributed by atoms with Crippen molar-refractivity contribution in [3.8, 4) is 0 Å². The van der Waals surface area contributed by atoms with Crippen LogP contribution in [0.1, 0.15) is 42.0 Å². The van der Waals surface area contributed by atoms with Crippen molar-refractivity contribution in [2.24, 2.45) is 0 Å². The molecule has 126 valence electrons. The van der Waals surface area contributed by atoms with E-state index in [1.54, 1.807) is 0 Å². The summed E-state index contributed by atoms with van der Waals surface area (Å²) in [6.07, 6.45) is 1.02. The predicted octanol–water partition coefficient (Wildman–Crippen LogP) is 4.12. The summed E-state index contributed by atoms with van der Waals surface area (Å²) in [6, 6.07) is 14.7. The number of hydrogen-bond acceptors (Lipinski definition) is 2. The molecule has 0 fully saturated rings. The van der Waals surface area contributed by atoms with E-state index < -0.39 is 0 Å². The number of rotatable bonds is 4. The molecule has 2 aromatic rings. The molecule has 3 rings (SSSR count). The van der Waals surface area contributed by atoms with Gasteiger partial charge in [0.15, 0.2) is 0 Å². The van der Waals surface area contributed by atoms with Crippen LogP contribution in [-0.4, -0.2) is 23.9 Å². The fraction of sp³-hybridized carbons (Fsp3) is 0.381. The molecule has 1 aliphatic rings. The number of hydrogen-bond donors (Lipinski definition) is 1. The van der Waals surface area contributed by atoms with Crippen LogP contribution in [0, 0.1) is 6.92 Å². The Kier molecular flexibility index (Phi) is 5.00. The number of aryl methyl sites for hydroxylation is 1. The van der Waals surface area contributed by atoms with Gasteiger partial charge in [-0.05, 0) is 41.5 Å². The van der Waals surface area contributed by atoms with Crippen LogP contribution >= 0.6 is 0 Å². The van der Waals surface area contributed by atoms with E-state index in [-0.39, 0.29) is 5.91 Å². The number of carbonyl (C=O) groups excluding carboxylic acids is 1. The number of anilines is 1. The Morgan fingerprint density at radius 3 is 2.62 bits per heavy atom. The van der Waals surface area contributed by atoms with Crippen molar-refractivity contribution in [3.63, 3.8) is 0 Å². The summed E-state index contributed by atoms with van der Waals surface area (Å²) in [5, 5.41) is 3.15. The molecule has 3 nitrogen and oxygen atoms in total. The normalized spacial score (nSPS) is 14.5. The smallest absolute Gasteiger partial charge is 0.238 e. The van der Waals surface area contributed by atoms with Gasteiger partial charge in [-0.3, -0.25) is 9.69 Å². The van der Waals surface area contributed by atoms with Crippen LogP contribution in [0.25, 0.3) is 0 Å². The Morgan fingerprint density at radius 2 is 1.88 bits per heavy atom. The van der Waals surface area contributed by atoms with E-state index >= 15 is 0 Å². The van der Waals surface area contributed by atoms with Gasteiger partial charge in [0.1, 0.15) is 0 Å². The highest BCUT2D eigenvalue weighted by molar-refractivity contribution is 5.94. The average Bonchev–Trinajstić information content (AvgIpc) is 2.56. The Hall–Kier alpha value is -2.13. The number of benzene rings is 2. The molecule has 0 spiro atoms. The lowest BCUT2D eigenvalue weighted by molar-refractivity contribution is -0.117. The summed E-state index contributed by atoms with van der Waals surface area (Å²) in [6.45, 7) is 8.61. The summed E-state index contributed by atoms with van der Waals surface area (Å²) in [4.78, 5) is 14.8. The molecule has 0 aliphatic carbocycles. The standard InChI is InChI=1S/C21H26N2O/c1-15(2)19-10-6-7-16(3)21(19)22-20(24)14-23-12-11-17-8-4-5-9-18(17)13-23/h4-10,15H,11-14H2,1-3H3,(H,22,24).